The average Bonchev–Trinajstić information content (AvgIpc) is 3.13. The second-order valence-electron chi connectivity index (χ2n) is 7.60. The average molecular weight is 456 g/mol. The molecule has 1 aromatic heterocycles. The van der Waals surface area contributed by atoms with Gasteiger partial charge in [0, 0.05) is 12.1 Å². The summed E-state index contributed by atoms with van der Waals surface area (Å²) >= 11 is 0. The van der Waals surface area contributed by atoms with E-state index in [0.29, 0.717) is 18.2 Å². The summed E-state index contributed by atoms with van der Waals surface area (Å²) in [7, 11) is 0. The number of allylic oxidation sites excluding steroid dienone is 1. The number of hydrogen-bond donors (Lipinski definition) is 1. The number of ether oxygens (including phenoxy) is 1. The predicted molar refractivity (Wildman–Crippen MR) is 104 cm³/mol. The van der Waals surface area contributed by atoms with E-state index in [2.05, 4.69) is 28.3 Å². The van der Waals surface area contributed by atoms with Gasteiger partial charge in [-0.2, -0.15) is 13.2 Å². The van der Waals surface area contributed by atoms with Crippen molar-refractivity contribution in [1.82, 2.24) is 9.88 Å². The van der Waals surface area contributed by atoms with Crippen LogP contribution in [0.25, 0.3) is 6.08 Å². The Morgan fingerprint density at radius 2 is 2.10 bits per heavy atom. The van der Waals surface area contributed by atoms with E-state index < -0.39 is 6.18 Å². The standard InChI is InChI=1S/C22H22F3N3O.Mn/c1-15-8-11-28(13-15)19-14-29-20-5-3-2-4-17(20)21(19)27-18-7-10-26-12-16(18)6-9-22(23,24)25;/h2-7,10,15,19,21H,8,11,13-14H2,1H3,(H,26,27);/q-2;+2/t15-,19-,21-;/m0./s1. The van der Waals surface area contributed by atoms with E-state index in [4.69, 9.17) is 4.74 Å². The summed E-state index contributed by atoms with van der Waals surface area (Å²) in [6.07, 6.45) is 3.09. The third kappa shape index (κ3) is 5.17. The summed E-state index contributed by atoms with van der Waals surface area (Å²) in [5.41, 5.74) is 1.76. The van der Waals surface area contributed by atoms with Crippen molar-refractivity contribution < 1.29 is 35.0 Å². The summed E-state index contributed by atoms with van der Waals surface area (Å²) in [4.78, 5) is 6.25. The number of fused-ring (bicyclic) bond motifs is 1. The molecule has 30 heavy (non-hydrogen) atoms. The first kappa shape index (κ1) is 22.7. The van der Waals surface area contributed by atoms with Crippen molar-refractivity contribution in [3.05, 3.63) is 59.9 Å². The molecule has 0 unspecified atom stereocenters. The molecule has 0 saturated carbocycles. The van der Waals surface area contributed by atoms with Crippen LogP contribution in [0, 0.1) is 18.2 Å². The molecule has 2 aliphatic heterocycles. The zero-order chi connectivity index (χ0) is 20.4. The van der Waals surface area contributed by atoms with E-state index in [1.54, 1.807) is 6.07 Å². The fourth-order valence-corrected chi connectivity index (χ4v) is 4.03. The van der Waals surface area contributed by atoms with Crippen LogP contribution in [-0.2, 0) is 17.1 Å². The minimum atomic E-state index is -4.51. The van der Waals surface area contributed by atoms with E-state index in [1.165, 1.54) is 12.3 Å². The van der Waals surface area contributed by atoms with Crippen LogP contribution < -0.4 is 10.1 Å². The summed E-state index contributed by atoms with van der Waals surface area (Å²) in [5.74, 6) is 1.41. The van der Waals surface area contributed by atoms with Crippen molar-refractivity contribution in [2.75, 3.05) is 25.0 Å². The topological polar surface area (TPSA) is 37.4 Å². The second kappa shape index (κ2) is 9.41. The van der Waals surface area contributed by atoms with Crippen molar-refractivity contribution in [3.63, 3.8) is 0 Å². The molecule has 2 aliphatic rings. The normalized spacial score (nSPS) is 24.2. The van der Waals surface area contributed by atoms with Gasteiger partial charge in [0.15, 0.2) is 0 Å². The van der Waals surface area contributed by atoms with Crippen LogP contribution in [0.2, 0.25) is 0 Å². The number of anilines is 1. The molecule has 4 rings (SSSR count). The second-order valence-corrected chi connectivity index (χ2v) is 7.60. The fraction of sp³-hybridized carbons (Fsp3) is 0.409. The first-order valence-electron chi connectivity index (χ1n) is 9.67. The van der Waals surface area contributed by atoms with Crippen molar-refractivity contribution >= 4 is 11.8 Å². The van der Waals surface area contributed by atoms with Gasteiger partial charge in [-0.05, 0) is 24.9 Å². The summed E-state index contributed by atoms with van der Waals surface area (Å²) in [6.45, 7) is 4.71. The molecule has 2 aromatic rings. The molecule has 1 N–H and O–H groups in total. The van der Waals surface area contributed by atoms with Gasteiger partial charge < -0.3 is 21.1 Å². The maximum Gasteiger partial charge on any atom is 2.00 e. The number of nitrogens with one attached hydrogen (secondary N) is 1. The minimum Gasteiger partial charge on any atom is -0.491 e. The molecule has 4 nitrogen and oxygen atoms in total. The number of hydrogen-bond acceptors (Lipinski definition) is 4. The van der Waals surface area contributed by atoms with E-state index >= 15 is 0 Å². The first-order valence-corrected chi connectivity index (χ1v) is 9.67. The molecule has 3 heterocycles. The minimum absolute atomic E-state index is 0. The maximum absolute atomic E-state index is 12.6. The summed E-state index contributed by atoms with van der Waals surface area (Å²) < 4.78 is 43.8. The van der Waals surface area contributed by atoms with Crippen LogP contribution in [0.4, 0.5) is 18.9 Å². The predicted octanol–water partition coefficient (Wildman–Crippen LogP) is 4.51. The molecule has 0 bridgehead atoms. The Balaban J connectivity index is 0.00000256. The van der Waals surface area contributed by atoms with Crippen LogP contribution in [0.15, 0.2) is 36.5 Å². The molecule has 3 atom stereocenters. The molecule has 8 heteroatoms. The molecular weight excluding hydrogens is 434 g/mol. The molecule has 0 amide bonds. The molecule has 159 valence electrons. The van der Waals surface area contributed by atoms with Crippen LogP contribution in [0.1, 0.15) is 30.5 Å². The SMILES string of the molecule is C[C@H]1CCN([C@H]2COc3ccccc3[C@@H]2Nc2ccn[c-]c2C=[C-]C(F)(F)F)C1.[Mn+2]. The number of aromatic nitrogens is 1. The Labute approximate surface area is 185 Å². The number of nitrogens with zero attached hydrogens (tertiary/aromatic N) is 2. The smallest absolute Gasteiger partial charge is 0.491 e. The van der Waals surface area contributed by atoms with E-state index in [0.717, 1.165) is 36.9 Å². The zero-order valence-electron chi connectivity index (χ0n) is 16.4. The van der Waals surface area contributed by atoms with Gasteiger partial charge in [-0.25, -0.2) is 6.08 Å². The van der Waals surface area contributed by atoms with Crippen molar-refractivity contribution in [1.29, 1.82) is 0 Å². The monoisotopic (exact) mass is 456 g/mol. The molecule has 1 radical (unpaired) electrons. The Morgan fingerprint density at radius 3 is 2.83 bits per heavy atom. The Hall–Kier alpha value is -2.02. The fourth-order valence-electron chi connectivity index (χ4n) is 4.03. The van der Waals surface area contributed by atoms with Crippen LogP contribution >= 0.6 is 0 Å². The van der Waals surface area contributed by atoms with Gasteiger partial charge in [0.05, 0.1) is 12.1 Å². The van der Waals surface area contributed by atoms with Gasteiger partial charge in [-0.3, -0.25) is 10.5 Å². The van der Waals surface area contributed by atoms with E-state index in [-0.39, 0.29) is 34.7 Å². The quantitative estimate of drug-likeness (QED) is 0.543. The molecule has 1 saturated heterocycles. The first-order chi connectivity index (χ1) is 13.9. The van der Waals surface area contributed by atoms with Gasteiger partial charge in [-0.15, -0.1) is 18.0 Å². The van der Waals surface area contributed by atoms with E-state index in [9.17, 15) is 13.2 Å². The summed E-state index contributed by atoms with van der Waals surface area (Å²) in [6, 6.07) is 9.40. The van der Waals surface area contributed by atoms with Crippen molar-refractivity contribution in [3.8, 4) is 5.75 Å². The number of para-hydroxylation sites is 1. The van der Waals surface area contributed by atoms with Gasteiger partial charge in [0.1, 0.15) is 12.4 Å². The van der Waals surface area contributed by atoms with Gasteiger partial charge in [0.25, 0.3) is 0 Å². The summed E-state index contributed by atoms with van der Waals surface area (Å²) in [5, 5.41) is 3.45. The zero-order valence-corrected chi connectivity index (χ0v) is 17.6. The van der Waals surface area contributed by atoms with Gasteiger partial charge in [0.2, 0.25) is 0 Å². The molecule has 1 aromatic carbocycles. The largest absolute Gasteiger partial charge is 2.00 e. The number of halogens is 3. The van der Waals surface area contributed by atoms with Crippen LogP contribution in [-0.4, -0.2) is 41.8 Å². The molecule has 1 fully saturated rings. The Kier molecular flexibility index (Phi) is 7.11. The number of rotatable bonds is 4. The van der Waals surface area contributed by atoms with Crippen molar-refractivity contribution in [2.24, 2.45) is 5.92 Å². The third-order valence-corrected chi connectivity index (χ3v) is 5.45. The molecule has 0 spiro atoms. The third-order valence-electron chi connectivity index (χ3n) is 5.45. The van der Waals surface area contributed by atoms with E-state index in [1.807, 2.05) is 24.3 Å². The number of likely N-dealkylation sites (tertiary alicyclic amines) is 1. The van der Waals surface area contributed by atoms with Crippen LogP contribution in [0.3, 0.4) is 0 Å². The van der Waals surface area contributed by atoms with Gasteiger partial charge in [-0.1, -0.05) is 31.3 Å². The number of alkyl halides is 3. The maximum atomic E-state index is 12.6. The Morgan fingerprint density at radius 1 is 1.30 bits per heavy atom. The Bertz CT molecular complexity index is 890. The number of benzene rings is 1. The van der Waals surface area contributed by atoms with Crippen molar-refractivity contribution in [2.45, 2.75) is 31.6 Å². The molecular formula is C22H22F3MnN3O. The van der Waals surface area contributed by atoms with Crippen LogP contribution in [0.5, 0.6) is 5.75 Å². The van der Waals surface area contributed by atoms with Gasteiger partial charge >= 0.3 is 23.2 Å². The molecule has 0 aliphatic carbocycles. The number of pyridine rings is 1.